The molecule has 0 saturated heterocycles. The van der Waals surface area contributed by atoms with E-state index in [0.717, 1.165) is 24.0 Å². The van der Waals surface area contributed by atoms with Gasteiger partial charge in [-0.15, -0.1) is 0 Å². The smallest absolute Gasteiger partial charge is 0.241 e. The van der Waals surface area contributed by atoms with Crippen molar-refractivity contribution in [3.63, 3.8) is 0 Å². The molecular formula is C14H24N2O2S. The van der Waals surface area contributed by atoms with Crippen LogP contribution in [0.3, 0.4) is 0 Å². The van der Waals surface area contributed by atoms with Gasteiger partial charge in [0.05, 0.1) is 4.90 Å². The topological polar surface area (TPSA) is 72.2 Å². The Labute approximate surface area is 116 Å². The Bertz CT molecular complexity index is 563. The fourth-order valence-corrected chi connectivity index (χ4v) is 4.02. The molecule has 0 bridgehead atoms. The molecule has 0 aliphatic carbocycles. The Kier molecular flexibility index (Phi) is 4.63. The molecule has 4 nitrogen and oxygen atoms in total. The van der Waals surface area contributed by atoms with Crippen molar-refractivity contribution in [3.8, 4) is 0 Å². The van der Waals surface area contributed by atoms with Gasteiger partial charge >= 0.3 is 0 Å². The van der Waals surface area contributed by atoms with E-state index in [-0.39, 0.29) is 4.90 Å². The number of anilines is 1. The van der Waals surface area contributed by atoms with Crippen molar-refractivity contribution in [3.05, 3.63) is 23.3 Å². The molecular weight excluding hydrogens is 260 g/mol. The molecule has 0 heterocycles. The summed E-state index contributed by atoms with van der Waals surface area (Å²) in [4.78, 5) is 0.272. The summed E-state index contributed by atoms with van der Waals surface area (Å²) < 4.78 is 27.7. The van der Waals surface area contributed by atoms with Gasteiger partial charge < -0.3 is 5.73 Å². The molecule has 3 N–H and O–H groups in total. The molecule has 0 spiro atoms. The number of nitrogens with one attached hydrogen (secondary N) is 1. The fourth-order valence-electron chi connectivity index (χ4n) is 2.23. The monoisotopic (exact) mass is 284 g/mol. The van der Waals surface area contributed by atoms with E-state index in [0.29, 0.717) is 5.69 Å². The van der Waals surface area contributed by atoms with E-state index in [1.54, 1.807) is 13.0 Å². The molecule has 0 aromatic heterocycles. The van der Waals surface area contributed by atoms with Gasteiger partial charge in [-0.25, -0.2) is 13.1 Å². The Morgan fingerprint density at radius 3 is 2.37 bits per heavy atom. The molecule has 0 aliphatic heterocycles. The minimum absolute atomic E-state index is 0.272. The minimum Gasteiger partial charge on any atom is -0.399 e. The lowest BCUT2D eigenvalue weighted by molar-refractivity contribution is 0.417. The van der Waals surface area contributed by atoms with E-state index in [1.807, 2.05) is 27.7 Å². The maximum Gasteiger partial charge on any atom is 0.241 e. The third-order valence-electron chi connectivity index (χ3n) is 3.22. The summed E-state index contributed by atoms with van der Waals surface area (Å²) in [6.45, 7) is 9.48. The van der Waals surface area contributed by atoms with E-state index in [9.17, 15) is 8.42 Å². The van der Waals surface area contributed by atoms with Crippen LogP contribution in [0.4, 0.5) is 5.69 Å². The lowest BCUT2D eigenvalue weighted by Crippen LogP contribution is -2.43. The van der Waals surface area contributed by atoms with Crippen LogP contribution in [-0.2, 0) is 10.0 Å². The minimum atomic E-state index is -3.55. The number of nitrogens with two attached hydrogens (primary N) is 1. The summed E-state index contributed by atoms with van der Waals surface area (Å²) in [6.07, 6.45) is 1.71. The molecule has 1 aromatic carbocycles. The maximum absolute atomic E-state index is 12.5. The van der Waals surface area contributed by atoms with Crippen LogP contribution >= 0.6 is 0 Å². The highest BCUT2D eigenvalue weighted by Crippen LogP contribution is 2.24. The number of nitrogen functional groups attached to an aromatic ring is 1. The van der Waals surface area contributed by atoms with Crippen molar-refractivity contribution in [2.75, 3.05) is 5.73 Å². The fraction of sp³-hybridized carbons (Fsp3) is 0.571. The van der Waals surface area contributed by atoms with Gasteiger partial charge in [0.25, 0.3) is 0 Å². The van der Waals surface area contributed by atoms with Crippen molar-refractivity contribution in [2.45, 2.75) is 57.9 Å². The van der Waals surface area contributed by atoms with Crippen LogP contribution in [0, 0.1) is 13.8 Å². The van der Waals surface area contributed by atoms with E-state index < -0.39 is 15.6 Å². The second-order valence-corrected chi connectivity index (χ2v) is 7.35. The van der Waals surface area contributed by atoms with Gasteiger partial charge in [-0.2, -0.15) is 0 Å². The highest BCUT2D eigenvalue weighted by atomic mass is 32.2. The predicted molar refractivity (Wildman–Crippen MR) is 79.6 cm³/mol. The highest BCUT2D eigenvalue weighted by Gasteiger charge is 2.27. The quantitative estimate of drug-likeness (QED) is 0.817. The van der Waals surface area contributed by atoms with Gasteiger partial charge in [0, 0.05) is 11.2 Å². The summed E-state index contributed by atoms with van der Waals surface area (Å²) in [5.41, 5.74) is 7.39. The standard InChI is InChI=1S/C14H24N2O2S/c1-6-7-14(4,5)16-19(17,18)13-9-12(15)8-10(2)11(13)3/h8-9,16H,6-7,15H2,1-5H3. The largest absolute Gasteiger partial charge is 0.399 e. The number of benzene rings is 1. The van der Waals surface area contributed by atoms with Crippen LogP contribution in [0.2, 0.25) is 0 Å². The zero-order chi connectivity index (χ0) is 14.8. The first-order valence-electron chi connectivity index (χ1n) is 6.50. The predicted octanol–water partition coefficient (Wildman–Crippen LogP) is 2.74. The molecule has 0 unspecified atom stereocenters. The molecule has 0 radical (unpaired) electrons. The molecule has 0 fully saturated rings. The van der Waals surface area contributed by atoms with E-state index >= 15 is 0 Å². The lowest BCUT2D eigenvalue weighted by Gasteiger charge is -2.26. The molecule has 0 atom stereocenters. The van der Waals surface area contributed by atoms with Gasteiger partial charge in [-0.05, 0) is 57.4 Å². The summed E-state index contributed by atoms with van der Waals surface area (Å²) in [5, 5.41) is 0. The van der Waals surface area contributed by atoms with E-state index in [4.69, 9.17) is 5.73 Å². The molecule has 0 amide bonds. The number of rotatable bonds is 5. The summed E-state index contributed by atoms with van der Waals surface area (Å²) >= 11 is 0. The first-order valence-corrected chi connectivity index (χ1v) is 7.98. The van der Waals surface area contributed by atoms with Crippen LogP contribution in [0.15, 0.2) is 17.0 Å². The number of aryl methyl sites for hydroxylation is 1. The lowest BCUT2D eigenvalue weighted by atomic mass is 10.0. The van der Waals surface area contributed by atoms with Crippen molar-refractivity contribution in [2.24, 2.45) is 0 Å². The first-order chi connectivity index (χ1) is 8.59. The van der Waals surface area contributed by atoms with Gasteiger partial charge in [0.15, 0.2) is 0 Å². The number of hydrogen-bond donors (Lipinski definition) is 2. The Balaban J connectivity index is 3.22. The first kappa shape index (κ1) is 16.0. The molecule has 5 heteroatoms. The Hall–Kier alpha value is -1.07. The SMILES string of the molecule is CCCC(C)(C)NS(=O)(=O)c1cc(N)cc(C)c1C. The number of sulfonamides is 1. The zero-order valence-electron chi connectivity index (χ0n) is 12.4. The third kappa shape index (κ3) is 3.94. The van der Waals surface area contributed by atoms with Gasteiger partial charge in [0.1, 0.15) is 0 Å². The van der Waals surface area contributed by atoms with Crippen LogP contribution in [-0.4, -0.2) is 14.0 Å². The zero-order valence-corrected chi connectivity index (χ0v) is 13.2. The third-order valence-corrected chi connectivity index (χ3v) is 5.04. The highest BCUT2D eigenvalue weighted by molar-refractivity contribution is 7.89. The van der Waals surface area contributed by atoms with Crippen LogP contribution in [0.1, 0.15) is 44.7 Å². The molecule has 108 valence electrons. The van der Waals surface area contributed by atoms with Crippen LogP contribution in [0.25, 0.3) is 0 Å². The molecule has 0 aliphatic rings. The van der Waals surface area contributed by atoms with Crippen molar-refractivity contribution < 1.29 is 8.42 Å². The van der Waals surface area contributed by atoms with E-state index in [1.165, 1.54) is 6.07 Å². The number of hydrogen-bond acceptors (Lipinski definition) is 3. The Morgan fingerprint density at radius 1 is 1.26 bits per heavy atom. The summed E-state index contributed by atoms with van der Waals surface area (Å²) in [7, 11) is -3.55. The molecule has 1 aromatic rings. The van der Waals surface area contributed by atoms with Gasteiger partial charge in [-0.1, -0.05) is 13.3 Å². The summed E-state index contributed by atoms with van der Waals surface area (Å²) in [6, 6.07) is 3.30. The second-order valence-electron chi connectivity index (χ2n) is 5.70. The normalized spacial score (nSPS) is 12.7. The maximum atomic E-state index is 12.5. The molecule has 0 saturated carbocycles. The Morgan fingerprint density at radius 2 is 1.84 bits per heavy atom. The van der Waals surface area contributed by atoms with E-state index in [2.05, 4.69) is 4.72 Å². The average molecular weight is 284 g/mol. The van der Waals surface area contributed by atoms with Crippen molar-refractivity contribution >= 4 is 15.7 Å². The van der Waals surface area contributed by atoms with Crippen LogP contribution in [0.5, 0.6) is 0 Å². The molecule has 19 heavy (non-hydrogen) atoms. The summed E-state index contributed by atoms with van der Waals surface area (Å²) in [5.74, 6) is 0. The van der Waals surface area contributed by atoms with Crippen molar-refractivity contribution in [1.82, 2.24) is 4.72 Å². The average Bonchev–Trinajstić information content (AvgIpc) is 2.21. The van der Waals surface area contributed by atoms with Crippen molar-refractivity contribution in [1.29, 1.82) is 0 Å². The van der Waals surface area contributed by atoms with Crippen LogP contribution < -0.4 is 10.5 Å². The van der Waals surface area contributed by atoms with Gasteiger partial charge in [0.2, 0.25) is 10.0 Å². The molecule has 1 rings (SSSR count). The second kappa shape index (κ2) is 5.51. The van der Waals surface area contributed by atoms with Gasteiger partial charge in [-0.3, -0.25) is 0 Å².